The summed E-state index contributed by atoms with van der Waals surface area (Å²) in [5.41, 5.74) is 0.890. The van der Waals surface area contributed by atoms with Gasteiger partial charge in [-0.2, -0.15) is 11.8 Å². The number of halogens is 2. The van der Waals surface area contributed by atoms with Gasteiger partial charge >= 0.3 is 5.97 Å². The zero-order valence-corrected chi connectivity index (χ0v) is 13.1. The van der Waals surface area contributed by atoms with Crippen LogP contribution in [0.15, 0.2) is 22.7 Å². The van der Waals surface area contributed by atoms with Gasteiger partial charge in [0, 0.05) is 16.0 Å². The second-order valence-electron chi connectivity index (χ2n) is 3.79. The zero-order valence-electron chi connectivity index (χ0n) is 9.95. The molecular weight excluding hydrogens is 338 g/mol. The standard InChI is InChI=1S/C12H15BrClNO2S/c1-18-5-4-11(12(16)17)15-7-8-6-9(13)2-3-10(8)14/h2-3,6,11,15H,4-5,7H2,1H3,(H,16,17)/t11-/m1/s1. The molecule has 0 saturated carbocycles. The highest BCUT2D eigenvalue weighted by Crippen LogP contribution is 2.21. The molecule has 100 valence electrons. The molecule has 0 aliphatic carbocycles. The van der Waals surface area contributed by atoms with Crippen molar-refractivity contribution >= 4 is 45.3 Å². The van der Waals surface area contributed by atoms with Crippen LogP contribution in [-0.4, -0.2) is 29.1 Å². The average Bonchev–Trinajstić information content (AvgIpc) is 2.33. The summed E-state index contributed by atoms with van der Waals surface area (Å²) in [5.74, 6) is -0.00826. The van der Waals surface area contributed by atoms with Gasteiger partial charge in [0.05, 0.1) is 0 Å². The van der Waals surface area contributed by atoms with Crippen LogP contribution in [0.25, 0.3) is 0 Å². The fourth-order valence-corrected chi connectivity index (χ4v) is 2.52. The van der Waals surface area contributed by atoms with E-state index in [-0.39, 0.29) is 0 Å². The third-order valence-corrected chi connectivity index (χ3v) is 3.96. The molecule has 0 amide bonds. The molecule has 0 aliphatic heterocycles. The highest BCUT2D eigenvalue weighted by atomic mass is 79.9. The van der Waals surface area contributed by atoms with Gasteiger partial charge in [0.25, 0.3) is 0 Å². The zero-order chi connectivity index (χ0) is 13.5. The summed E-state index contributed by atoms with van der Waals surface area (Å²) in [6.07, 6.45) is 2.56. The minimum absolute atomic E-state index is 0.448. The third kappa shape index (κ3) is 5.18. The summed E-state index contributed by atoms with van der Waals surface area (Å²) in [6, 6.07) is 5.00. The Kier molecular flexibility index (Phi) is 7.07. The maximum atomic E-state index is 11.1. The van der Waals surface area contributed by atoms with Crippen molar-refractivity contribution < 1.29 is 9.90 Å². The predicted molar refractivity (Wildman–Crippen MR) is 80.4 cm³/mol. The third-order valence-electron chi connectivity index (χ3n) is 2.46. The normalized spacial score (nSPS) is 12.4. The summed E-state index contributed by atoms with van der Waals surface area (Å²) in [7, 11) is 0. The fraction of sp³-hybridized carbons (Fsp3) is 0.417. The molecule has 0 saturated heterocycles. The largest absolute Gasteiger partial charge is 0.480 e. The van der Waals surface area contributed by atoms with Crippen LogP contribution in [0.2, 0.25) is 5.02 Å². The van der Waals surface area contributed by atoms with Gasteiger partial charge in [-0.25, -0.2) is 0 Å². The number of hydrogen-bond acceptors (Lipinski definition) is 3. The van der Waals surface area contributed by atoms with Crippen molar-refractivity contribution in [2.45, 2.75) is 19.0 Å². The maximum Gasteiger partial charge on any atom is 0.320 e. The molecule has 1 rings (SSSR count). The van der Waals surface area contributed by atoms with Gasteiger partial charge in [0.15, 0.2) is 0 Å². The van der Waals surface area contributed by atoms with Crippen LogP contribution in [0.3, 0.4) is 0 Å². The van der Waals surface area contributed by atoms with Gasteiger partial charge < -0.3 is 10.4 Å². The van der Waals surface area contributed by atoms with Crippen molar-refractivity contribution in [1.29, 1.82) is 0 Å². The molecule has 0 bridgehead atoms. The number of hydrogen-bond donors (Lipinski definition) is 2. The summed E-state index contributed by atoms with van der Waals surface area (Å²) in [6.45, 7) is 0.448. The molecule has 0 heterocycles. The lowest BCUT2D eigenvalue weighted by atomic mass is 10.2. The molecule has 0 radical (unpaired) electrons. The Morgan fingerprint density at radius 3 is 2.94 bits per heavy atom. The van der Waals surface area contributed by atoms with E-state index in [2.05, 4.69) is 21.2 Å². The second-order valence-corrected chi connectivity index (χ2v) is 6.10. The van der Waals surface area contributed by atoms with E-state index in [1.165, 1.54) is 0 Å². The lowest BCUT2D eigenvalue weighted by Crippen LogP contribution is -2.36. The van der Waals surface area contributed by atoms with Crippen LogP contribution >= 0.6 is 39.3 Å². The van der Waals surface area contributed by atoms with Crippen molar-refractivity contribution in [1.82, 2.24) is 5.32 Å². The highest BCUT2D eigenvalue weighted by molar-refractivity contribution is 9.10. The molecule has 0 aliphatic rings. The van der Waals surface area contributed by atoms with Gasteiger partial charge in [-0.15, -0.1) is 0 Å². The second kappa shape index (κ2) is 8.04. The number of benzene rings is 1. The maximum absolute atomic E-state index is 11.1. The van der Waals surface area contributed by atoms with E-state index >= 15 is 0 Å². The van der Waals surface area contributed by atoms with Crippen LogP contribution < -0.4 is 5.32 Å². The molecule has 1 aromatic carbocycles. The van der Waals surface area contributed by atoms with Crippen molar-refractivity contribution in [3.63, 3.8) is 0 Å². The summed E-state index contributed by atoms with van der Waals surface area (Å²) >= 11 is 11.1. The van der Waals surface area contributed by atoms with Gasteiger partial charge in [-0.1, -0.05) is 27.5 Å². The van der Waals surface area contributed by atoms with Crippen LogP contribution in [0.5, 0.6) is 0 Å². The number of thioether (sulfide) groups is 1. The van der Waals surface area contributed by atoms with Gasteiger partial charge in [-0.05, 0) is 42.2 Å². The molecule has 0 aromatic heterocycles. The van der Waals surface area contributed by atoms with Crippen molar-refractivity contribution in [2.24, 2.45) is 0 Å². The van der Waals surface area contributed by atoms with E-state index in [0.717, 1.165) is 15.8 Å². The van der Waals surface area contributed by atoms with E-state index in [1.807, 2.05) is 18.4 Å². The molecule has 18 heavy (non-hydrogen) atoms. The molecule has 1 atom stereocenters. The number of rotatable bonds is 7. The first-order valence-electron chi connectivity index (χ1n) is 5.43. The molecule has 0 fully saturated rings. The number of nitrogens with one attached hydrogen (secondary N) is 1. The molecule has 0 unspecified atom stereocenters. The molecule has 1 aromatic rings. The first kappa shape index (κ1) is 15.8. The Balaban J connectivity index is 2.60. The SMILES string of the molecule is CSCC[C@@H](NCc1cc(Br)ccc1Cl)C(=O)O. The molecular formula is C12H15BrClNO2S. The van der Waals surface area contributed by atoms with Crippen LogP contribution in [0, 0.1) is 0 Å². The Morgan fingerprint density at radius 1 is 1.61 bits per heavy atom. The monoisotopic (exact) mass is 351 g/mol. The van der Waals surface area contributed by atoms with Gasteiger partial charge in [0.2, 0.25) is 0 Å². The number of carboxylic acid groups (broad SMARTS) is 1. The Hall–Kier alpha value is -0.230. The van der Waals surface area contributed by atoms with E-state index < -0.39 is 12.0 Å². The Labute approximate surface area is 124 Å². The topological polar surface area (TPSA) is 49.3 Å². The fourth-order valence-electron chi connectivity index (χ4n) is 1.46. The lowest BCUT2D eigenvalue weighted by molar-refractivity contribution is -0.139. The first-order chi connectivity index (χ1) is 8.54. The van der Waals surface area contributed by atoms with Crippen LogP contribution in [-0.2, 0) is 11.3 Å². The van der Waals surface area contributed by atoms with E-state index in [4.69, 9.17) is 16.7 Å². The smallest absolute Gasteiger partial charge is 0.320 e. The first-order valence-corrected chi connectivity index (χ1v) is 8.00. The predicted octanol–water partition coefficient (Wildman–Crippen LogP) is 3.40. The minimum Gasteiger partial charge on any atom is -0.480 e. The van der Waals surface area contributed by atoms with Crippen molar-refractivity contribution in [3.05, 3.63) is 33.3 Å². The van der Waals surface area contributed by atoms with Crippen LogP contribution in [0.4, 0.5) is 0 Å². The minimum atomic E-state index is -0.824. The van der Waals surface area contributed by atoms with Crippen LogP contribution in [0.1, 0.15) is 12.0 Å². The van der Waals surface area contributed by atoms with E-state index in [0.29, 0.717) is 18.0 Å². The summed E-state index contributed by atoms with van der Waals surface area (Å²) < 4.78 is 0.930. The summed E-state index contributed by atoms with van der Waals surface area (Å²) in [4.78, 5) is 11.1. The molecule has 2 N–H and O–H groups in total. The Bertz CT molecular complexity index is 417. The van der Waals surface area contributed by atoms with Crippen molar-refractivity contribution in [2.75, 3.05) is 12.0 Å². The lowest BCUT2D eigenvalue weighted by Gasteiger charge is -2.14. The molecule has 6 heteroatoms. The van der Waals surface area contributed by atoms with Gasteiger partial charge in [-0.3, -0.25) is 4.79 Å². The van der Waals surface area contributed by atoms with Crippen molar-refractivity contribution in [3.8, 4) is 0 Å². The van der Waals surface area contributed by atoms with Gasteiger partial charge in [0.1, 0.15) is 6.04 Å². The van der Waals surface area contributed by atoms with E-state index in [1.54, 1.807) is 17.8 Å². The van der Waals surface area contributed by atoms with E-state index in [9.17, 15) is 4.79 Å². The highest BCUT2D eigenvalue weighted by Gasteiger charge is 2.16. The molecule has 0 spiro atoms. The number of carbonyl (C=O) groups is 1. The Morgan fingerprint density at radius 2 is 2.33 bits per heavy atom. The quantitative estimate of drug-likeness (QED) is 0.789. The molecule has 3 nitrogen and oxygen atoms in total. The summed E-state index contributed by atoms with van der Waals surface area (Å²) in [5, 5.41) is 12.7. The number of carboxylic acids is 1. The average molecular weight is 353 g/mol. The number of aliphatic carboxylic acids is 1.